The Hall–Kier alpha value is -1.56. The average molecular weight is 300 g/mol. The molecule has 6 heteroatoms. The Morgan fingerprint density at radius 2 is 2.10 bits per heavy atom. The van der Waals surface area contributed by atoms with Gasteiger partial charge in [0.15, 0.2) is 0 Å². The first-order chi connectivity index (χ1) is 9.79. The van der Waals surface area contributed by atoms with Crippen molar-refractivity contribution < 1.29 is 18.0 Å². The first-order valence-electron chi connectivity index (χ1n) is 7.01. The molecule has 1 aliphatic heterocycles. The van der Waals surface area contributed by atoms with Gasteiger partial charge in [0, 0.05) is 11.7 Å². The van der Waals surface area contributed by atoms with Crippen molar-refractivity contribution in [3.8, 4) is 0 Å². The van der Waals surface area contributed by atoms with Crippen LogP contribution in [0.25, 0.3) is 0 Å². The van der Waals surface area contributed by atoms with Crippen LogP contribution in [0, 0.1) is 12.8 Å². The van der Waals surface area contributed by atoms with Crippen molar-refractivity contribution in [3.05, 3.63) is 29.3 Å². The summed E-state index contributed by atoms with van der Waals surface area (Å²) in [6.45, 7) is 4.47. The molecule has 1 aliphatic rings. The van der Waals surface area contributed by atoms with E-state index < -0.39 is 11.7 Å². The Balaban J connectivity index is 2.16. The zero-order valence-electron chi connectivity index (χ0n) is 12.1. The van der Waals surface area contributed by atoms with E-state index in [1.807, 2.05) is 6.92 Å². The molecule has 0 aromatic heterocycles. The highest BCUT2D eigenvalue weighted by Gasteiger charge is 2.32. The van der Waals surface area contributed by atoms with Crippen molar-refractivity contribution in [1.29, 1.82) is 0 Å². The minimum Gasteiger partial charge on any atom is -0.326 e. The van der Waals surface area contributed by atoms with Crippen LogP contribution in [0.3, 0.4) is 0 Å². The van der Waals surface area contributed by atoms with Gasteiger partial charge in [0.2, 0.25) is 5.91 Å². The number of piperidine rings is 1. The normalized spacial score (nSPS) is 22.9. The predicted octanol–water partition coefficient (Wildman–Crippen LogP) is 3.34. The van der Waals surface area contributed by atoms with Crippen LogP contribution in [-0.2, 0) is 11.0 Å². The van der Waals surface area contributed by atoms with E-state index >= 15 is 0 Å². The van der Waals surface area contributed by atoms with Crippen LogP contribution in [0.2, 0.25) is 0 Å². The quantitative estimate of drug-likeness (QED) is 0.879. The van der Waals surface area contributed by atoms with Crippen LogP contribution in [0.5, 0.6) is 0 Å². The lowest BCUT2D eigenvalue weighted by atomic mass is 9.91. The van der Waals surface area contributed by atoms with Gasteiger partial charge in [0.05, 0.1) is 11.5 Å². The monoisotopic (exact) mass is 300 g/mol. The fourth-order valence-corrected chi connectivity index (χ4v) is 2.56. The van der Waals surface area contributed by atoms with Crippen LogP contribution in [-0.4, -0.2) is 18.5 Å². The van der Waals surface area contributed by atoms with E-state index in [9.17, 15) is 18.0 Å². The molecule has 3 nitrogen and oxygen atoms in total. The van der Waals surface area contributed by atoms with Gasteiger partial charge in [0.1, 0.15) is 0 Å². The van der Waals surface area contributed by atoms with Gasteiger partial charge < -0.3 is 10.6 Å². The van der Waals surface area contributed by atoms with Gasteiger partial charge >= 0.3 is 6.18 Å². The summed E-state index contributed by atoms with van der Waals surface area (Å²) < 4.78 is 38.2. The molecular formula is C15H19F3N2O. The Morgan fingerprint density at radius 1 is 1.38 bits per heavy atom. The number of aryl methyl sites for hydroxylation is 1. The molecule has 0 aliphatic carbocycles. The molecule has 2 atom stereocenters. The Morgan fingerprint density at radius 3 is 2.71 bits per heavy atom. The van der Waals surface area contributed by atoms with Gasteiger partial charge in [-0.2, -0.15) is 13.2 Å². The zero-order valence-corrected chi connectivity index (χ0v) is 12.1. The summed E-state index contributed by atoms with van der Waals surface area (Å²) in [5.41, 5.74) is 0.0959. The first kappa shape index (κ1) is 15.8. The third kappa shape index (κ3) is 3.75. The van der Waals surface area contributed by atoms with E-state index in [0.717, 1.165) is 31.5 Å². The maximum Gasteiger partial charge on any atom is 0.416 e. The van der Waals surface area contributed by atoms with E-state index in [0.29, 0.717) is 5.56 Å². The van der Waals surface area contributed by atoms with Gasteiger partial charge in [-0.25, -0.2) is 0 Å². The molecule has 116 valence electrons. The summed E-state index contributed by atoms with van der Waals surface area (Å²) in [4.78, 5) is 12.3. The molecule has 0 radical (unpaired) electrons. The minimum absolute atomic E-state index is 0.0323. The Bertz CT molecular complexity index is 528. The van der Waals surface area contributed by atoms with Crippen LogP contribution in [0.4, 0.5) is 18.9 Å². The third-order valence-electron chi connectivity index (χ3n) is 3.92. The van der Waals surface area contributed by atoms with E-state index in [4.69, 9.17) is 0 Å². The molecule has 2 unspecified atom stereocenters. The molecule has 1 saturated heterocycles. The number of anilines is 1. The second kappa shape index (κ2) is 6.05. The minimum atomic E-state index is -4.41. The third-order valence-corrected chi connectivity index (χ3v) is 3.92. The van der Waals surface area contributed by atoms with Crippen LogP contribution in [0.1, 0.15) is 30.9 Å². The van der Waals surface area contributed by atoms with Crippen LogP contribution >= 0.6 is 0 Å². The number of amides is 1. The predicted molar refractivity (Wildman–Crippen MR) is 75.0 cm³/mol. The summed E-state index contributed by atoms with van der Waals surface area (Å²) in [5, 5.41) is 5.85. The number of nitrogens with one attached hydrogen (secondary N) is 2. The number of carbonyl (C=O) groups excluding carboxylic acids is 1. The first-order valence-corrected chi connectivity index (χ1v) is 7.01. The molecule has 1 aromatic carbocycles. The molecule has 2 rings (SSSR count). The Labute approximate surface area is 121 Å². The van der Waals surface area contributed by atoms with Gasteiger partial charge in [-0.15, -0.1) is 0 Å². The number of rotatable bonds is 2. The number of carbonyl (C=O) groups is 1. The molecule has 1 amide bonds. The number of halogens is 3. The lowest BCUT2D eigenvalue weighted by Gasteiger charge is -2.29. The van der Waals surface area contributed by atoms with E-state index in [1.54, 1.807) is 6.92 Å². The van der Waals surface area contributed by atoms with E-state index in [1.165, 1.54) is 6.07 Å². The molecule has 1 aromatic rings. The second-order valence-corrected chi connectivity index (χ2v) is 5.51. The fraction of sp³-hybridized carbons (Fsp3) is 0.533. The van der Waals surface area contributed by atoms with Crippen molar-refractivity contribution in [3.63, 3.8) is 0 Å². The maximum atomic E-state index is 12.7. The molecule has 1 heterocycles. The smallest absolute Gasteiger partial charge is 0.326 e. The molecule has 21 heavy (non-hydrogen) atoms. The van der Waals surface area contributed by atoms with Crippen molar-refractivity contribution in [2.75, 3.05) is 11.9 Å². The van der Waals surface area contributed by atoms with E-state index in [-0.39, 0.29) is 23.6 Å². The van der Waals surface area contributed by atoms with Gasteiger partial charge in [-0.05, 0) is 50.9 Å². The summed E-state index contributed by atoms with van der Waals surface area (Å²) in [5.74, 6) is -0.440. The number of hydrogen-bond acceptors (Lipinski definition) is 2. The molecule has 1 fully saturated rings. The highest BCUT2D eigenvalue weighted by Crippen LogP contribution is 2.32. The SMILES string of the molecule is Cc1ccc(C(F)(F)F)cc1NC(=O)C1CCCNC1C. The number of alkyl halides is 3. The summed E-state index contributed by atoms with van der Waals surface area (Å²) >= 11 is 0. The molecular weight excluding hydrogens is 281 g/mol. The van der Waals surface area contributed by atoms with Crippen LogP contribution in [0.15, 0.2) is 18.2 Å². The largest absolute Gasteiger partial charge is 0.416 e. The molecule has 0 spiro atoms. The maximum absolute atomic E-state index is 12.7. The average Bonchev–Trinajstić information content (AvgIpc) is 2.40. The summed E-state index contributed by atoms with van der Waals surface area (Å²) in [6, 6.07) is 3.43. The van der Waals surface area contributed by atoms with Crippen molar-refractivity contribution >= 4 is 11.6 Å². The summed E-state index contributed by atoms with van der Waals surface area (Å²) in [6.07, 6.45) is -2.77. The van der Waals surface area contributed by atoms with Gasteiger partial charge in [-0.1, -0.05) is 6.07 Å². The number of hydrogen-bond donors (Lipinski definition) is 2. The molecule has 0 saturated carbocycles. The highest BCUT2D eigenvalue weighted by atomic mass is 19.4. The second-order valence-electron chi connectivity index (χ2n) is 5.51. The molecule has 0 bridgehead atoms. The lowest BCUT2D eigenvalue weighted by Crippen LogP contribution is -2.44. The lowest BCUT2D eigenvalue weighted by molar-refractivity contribution is -0.137. The standard InChI is InChI=1S/C15H19F3N2O/c1-9-5-6-11(15(16,17)18)8-13(9)20-14(21)12-4-3-7-19-10(12)2/h5-6,8,10,12,19H,3-4,7H2,1-2H3,(H,20,21). The van der Waals surface area contributed by atoms with Crippen LogP contribution < -0.4 is 10.6 Å². The van der Waals surface area contributed by atoms with E-state index in [2.05, 4.69) is 10.6 Å². The Kier molecular flexibility index (Phi) is 4.56. The topological polar surface area (TPSA) is 41.1 Å². The van der Waals surface area contributed by atoms with Gasteiger partial charge in [-0.3, -0.25) is 4.79 Å². The number of benzene rings is 1. The zero-order chi connectivity index (χ0) is 15.6. The van der Waals surface area contributed by atoms with Crippen molar-refractivity contribution in [1.82, 2.24) is 5.32 Å². The molecule has 2 N–H and O–H groups in total. The van der Waals surface area contributed by atoms with Crippen molar-refractivity contribution in [2.45, 2.75) is 38.9 Å². The van der Waals surface area contributed by atoms with Crippen molar-refractivity contribution in [2.24, 2.45) is 5.92 Å². The van der Waals surface area contributed by atoms with Gasteiger partial charge in [0.25, 0.3) is 0 Å². The highest BCUT2D eigenvalue weighted by molar-refractivity contribution is 5.93. The summed E-state index contributed by atoms with van der Waals surface area (Å²) in [7, 11) is 0. The fourth-order valence-electron chi connectivity index (χ4n) is 2.56.